The van der Waals surface area contributed by atoms with Crippen molar-refractivity contribution < 1.29 is 9.53 Å². The molecule has 0 radical (unpaired) electrons. The number of pyridine rings is 1. The van der Waals surface area contributed by atoms with Gasteiger partial charge in [-0.1, -0.05) is 12.1 Å². The third-order valence-electron chi connectivity index (χ3n) is 5.81. The molecule has 7 heteroatoms. The standard InChI is InChI=1S/C24H25N5O2/c1-28-12-7-21-18(15-17-3-5-20(6-4-17)29-11-2-10-25-29)16-22(27-23(21)28)24(30)26-19-8-13-31-14-9-19/h2-7,10-12,16,19H,8-9,13-15H2,1H3,(H,26,30). The SMILES string of the molecule is Cn1ccc2c(Cc3ccc(-n4cccn4)cc3)cc(C(=O)NC3CCOCC3)nc21. The number of fused-ring (bicyclic) bond motifs is 1. The van der Waals surface area contributed by atoms with Crippen LogP contribution in [-0.4, -0.2) is 44.5 Å². The Morgan fingerprint density at radius 1 is 1.16 bits per heavy atom. The molecule has 4 heterocycles. The molecule has 0 bridgehead atoms. The molecule has 5 rings (SSSR count). The molecule has 0 aliphatic carbocycles. The molecule has 1 aromatic carbocycles. The number of carbonyl (C=O) groups excluding carboxylic acids is 1. The van der Waals surface area contributed by atoms with Gasteiger partial charge in [0, 0.05) is 50.3 Å². The third-order valence-corrected chi connectivity index (χ3v) is 5.81. The van der Waals surface area contributed by atoms with Gasteiger partial charge >= 0.3 is 0 Å². The molecule has 1 amide bonds. The first-order valence-electron chi connectivity index (χ1n) is 10.6. The van der Waals surface area contributed by atoms with Crippen LogP contribution in [0.25, 0.3) is 16.7 Å². The van der Waals surface area contributed by atoms with Crippen molar-refractivity contribution in [1.29, 1.82) is 0 Å². The summed E-state index contributed by atoms with van der Waals surface area (Å²) in [7, 11) is 1.96. The van der Waals surface area contributed by atoms with Crippen molar-refractivity contribution in [3.8, 4) is 5.69 Å². The Bertz CT molecular complexity index is 1190. The molecule has 31 heavy (non-hydrogen) atoms. The van der Waals surface area contributed by atoms with Crippen molar-refractivity contribution in [2.24, 2.45) is 7.05 Å². The van der Waals surface area contributed by atoms with E-state index in [1.54, 1.807) is 6.20 Å². The molecule has 0 atom stereocenters. The van der Waals surface area contributed by atoms with Crippen LogP contribution >= 0.6 is 0 Å². The summed E-state index contributed by atoms with van der Waals surface area (Å²) in [6, 6.07) is 14.4. The van der Waals surface area contributed by atoms with Crippen molar-refractivity contribution >= 4 is 16.9 Å². The quantitative estimate of drug-likeness (QED) is 0.543. The summed E-state index contributed by atoms with van der Waals surface area (Å²) in [6.07, 6.45) is 8.09. The predicted molar refractivity (Wildman–Crippen MR) is 118 cm³/mol. The lowest BCUT2D eigenvalue weighted by Gasteiger charge is -2.23. The smallest absolute Gasteiger partial charge is 0.270 e. The summed E-state index contributed by atoms with van der Waals surface area (Å²) in [5, 5.41) is 8.47. The van der Waals surface area contributed by atoms with Crippen LogP contribution in [0.2, 0.25) is 0 Å². The Labute approximate surface area is 180 Å². The largest absolute Gasteiger partial charge is 0.381 e. The number of aryl methyl sites for hydroxylation is 1. The van der Waals surface area contributed by atoms with Gasteiger partial charge in [0.05, 0.1) is 5.69 Å². The Kier molecular flexibility index (Phi) is 5.26. The zero-order valence-corrected chi connectivity index (χ0v) is 17.5. The Balaban J connectivity index is 1.42. The lowest BCUT2D eigenvalue weighted by atomic mass is 10.0. The molecule has 1 saturated heterocycles. The van der Waals surface area contributed by atoms with E-state index in [1.165, 1.54) is 5.56 Å². The average molecular weight is 415 g/mol. The maximum atomic E-state index is 12.9. The van der Waals surface area contributed by atoms with Crippen molar-refractivity contribution in [3.63, 3.8) is 0 Å². The van der Waals surface area contributed by atoms with E-state index in [1.807, 2.05) is 40.8 Å². The zero-order valence-electron chi connectivity index (χ0n) is 17.5. The monoisotopic (exact) mass is 415 g/mol. The molecule has 1 aliphatic heterocycles. The second kappa shape index (κ2) is 8.35. The van der Waals surface area contributed by atoms with E-state index in [0.29, 0.717) is 18.9 Å². The van der Waals surface area contributed by atoms with Crippen LogP contribution in [0.5, 0.6) is 0 Å². The lowest BCUT2D eigenvalue weighted by Crippen LogP contribution is -2.39. The number of nitrogens with zero attached hydrogens (tertiary/aromatic N) is 4. The van der Waals surface area contributed by atoms with Crippen LogP contribution in [0.4, 0.5) is 0 Å². The molecule has 1 aliphatic rings. The highest BCUT2D eigenvalue weighted by molar-refractivity contribution is 5.95. The van der Waals surface area contributed by atoms with E-state index in [2.05, 4.69) is 45.7 Å². The van der Waals surface area contributed by atoms with Gasteiger partial charge in [0.2, 0.25) is 0 Å². The first-order chi connectivity index (χ1) is 15.2. The van der Waals surface area contributed by atoms with Crippen LogP contribution in [0.1, 0.15) is 34.5 Å². The van der Waals surface area contributed by atoms with Crippen molar-refractivity contribution in [2.75, 3.05) is 13.2 Å². The van der Waals surface area contributed by atoms with Gasteiger partial charge in [0.25, 0.3) is 5.91 Å². The van der Waals surface area contributed by atoms with Gasteiger partial charge in [-0.05, 0) is 60.7 Å². The summed E-state index contributed by atoms with van der Waals surface area (Å²) in [6.45, 7) is 1.38. The highest BCUT2D eigenvalue weighted by Crippen LogP contribution is 2.23. The van der Waals surface area contributed by atoms with Crippen LogP contribution in [-0.2, 0) is 18.2 Å². The van der Waals surface area contributed by atoms with Crippen molar-refractivity contribution in [1.82, 2.24) is 24.6 Å². The number of hydrogen-bond acceptors (Lipinski definition) is 4. The maximum Gasteiger partial charge on any atom is 0.270 e. The van der Waals surface area contributed by atoms with E-state index < -0.39 is 0 Å². The number of nitrogens with one attached hydrogen (secondary N) is 1. The van der Waals surface area contributed by atoms with E-state index in [4.69, 9.17) is 4.74 Å². The van der Waals surface area contributed by atoms with Crippen LogP contribution in [0.3, 0.4) is 0 Å². The number of rotatable bonds is 5. The first-order valence-corrected chi connectivity index (χ1v) is 10.6. The van der Waals surface area contributed by atoms with Crippen LogP contribution < -0.4 is 5.32 Å². The fraction of sp³-hybridized carbons (Fsp3) is 0.292. The molecule has 1 N–H and O–H groups in total. The minimum Gasteiger partial charge on any atom is -0.381 e. The van der Waals surface area contributed by atoms with Crippen LogP contribution in [0.15, 0.2) is 61.1 Å². The van der Waals surface area contributed by atoms with E-state index in [-0.39, 0.29) is 11.9 Å². The van der Waals surface area contributed by atoms with E-state index in [0.717, 1.165) is 41.5 Å². The highest BCUT2D eigenvalue weighted by Gasteiger charge is 2.20. The van der Waals surface area contributed by atoms with Gasteiger partial charge in [-0.3, -0.25) is 4.79 Å². The molecular formula is C24H25N5O2. The lowest BCUT2D eigenvalue weighted by molar-refractivity contribution is 0.0694. The van der Waals surface area contributed by atoms with Crippen LogP contribution in [0, 0.1) is 0 Å². The molecule has 7 nitrogen and oxygen atoms in total. The van der Waals surface area contributed by atoms with E-state index in [9.17, 15) is 4.79 Å². The zero-order chi connectivity index (χ0) is 21.2. The summed E-state index contributed by atoms with van der Waals surface area (Å²) in [4.78, 5) is 17.6. The van der Waals surface area contributed by atoms with Gasteiger partial charge in [-0.15, -0.1) is 0 Å². The Hall–Kier alpha value is -3.45. The van der Waals surface area contributed by atoms with Gasteiger partial charge in [0.1, 0.15) is 11.3 Å². The fourth-order valence-corrected chi connectivity index (χ4v) is 4.07. The molecule has 158 valence electrons. The predicted octanol–water partition coefficient (Wildman–Crippen LogP) is 3.26. The first kappa shape index (κ1) is 19.5. The Morgan fingerprint density at radius 3 is 2.71 bits per heavy atom. The second-order valence-corrected chi connectivity index (χ2v) is 7.98. The van der Waals surface area contributed by atoms with Gasteiger partial charge in [-0.25, -0.2) is 9.67 Å². The molecule has 0 saturated carbocycles. The van der Waals surface area contributed by atoms with Gasteiger partial charge in [-0.2, -0.15) is 5.10 Å². The second-order valence-electron chi connectivity index (χ2n) is 7.98. The highest BCUT2D eigenvalue weighted by atomic mass is 16.5. The Morgan fingerprint density at radius 2 is 1.97 bits per heavy atom. The summed E-state index contributed by atoms with van der Waals surface area (Å²) in [5.41, 5.74) is 4.56. The summed E-state index contributed by atoms with van der Waals surface area (Å²) in [5.74, 6) is -0.120. The van der Waals surface area contributed by atoms with E-state index >= 15 is 0 Å². The molecule has 4 aromatic rings. The average Bonchev–Trinajstić information content (AvgIpc) is 3.46. The number of aromatic nitrogens is 4. The minimum absolute atomic E-state index is 0.120. The maximum absolute atomic E-state index is 12.9. The normalized spacial score (nSPS) is 14.7. The fourth-order valence-electron chi connectivity index (χ4n) is 4.07. The molecule has 3 aromatic heterocycles. The minimum atomic E-state index is -0.120. The number of ether oxygens (including phenoxy) is 1. The van der Waals surface area contributed by atoms with Gasteiger partial charge in [0.15, 0.2) is 0 Å². The summed E-state index contributed by atoms with van der Waals surface area (Å²) >= 11 is 0. The summed E-state index contributed by atoms with van der Waals surface area (Å²) < 4.78 is 9.19. The van der Waals surface area contributed by atoms with Crippen molar-refractivity contribution in [2.45, 2.75) is 25.3 Å². The number of carbonyl (C=O) groups is 1. The molecule has 0 spiro atoms. The topological polar surface area (TPSA) is 74.0 Å². The van der Waals surface area contributed by atoms with Crippen molar-refractivity contribution in [3.05, 3.63) is 77.9 Å². The number of amides is 1. The number of hydrogen-bond donors (Lipinski definition) is 1. The molecule has 1 fully saturated rings. The molecular weight excluding hydrogens is 390 g/mol. The third kappa shape index (κ3) is 4.09. The number of benzene rings is 1. The van der Waals surface area contributed by atoms with Gasteiger partial charge < -0.3 is 14.6 Å². The molecule has 0 unspecified atom stereocenters.